The second-order valence-electron chi connectivity index (χ2n) is 11.6. The van der Waals surface area contributed by atoms with E-state index in [1.54, 1.807) is 19.1 Å². The fourth-order valence-electron chi connectivity index (χ4n) is 6.01. The number of nitrogens with zero attached hydrogens (tertiary/aromatic N) is 1. The molecule has 12 heteroatoms. The SMILES string of the molecule is COc1ccnc(C(=O)NC2CCCC(CCCc3ccccc3)C(Cc3ccc(OC(F)(F)F)cc3)C(C)OC2=O)c1OC(C)=O. The fourth-order valence-corrected chi connectivity index (χ4v) is 6.01. The molecular formula is C35H39F3N2O7. The van der Waals surface area contributed by atoms with Gasteiger partial charge in [0.15, 0.2) is 11.4 Å². The lowest BCUT2D eigenvalue weighted by Crippen LogP contribution is -2.43. The third-order valence-corrected chi connectivity index (χ3v) is 8.23. The van der Waals surface area contributed by atoms with Crippen LogP contribution in [-0.2, 0) is 27.2 Å². The van der Waals surface area contributed by atoms with Crippen LogP contribution in [0.3, 0.4) is 0 Å². The third-order valence-electron chi connectivity index (χ3n) is 8.23. The van der Waals surface area contributed by atoms with E-state index in [1.807, 2.05) is 18.2 Å². The Morgan fingerprint density at radius 1 is 1.02 bits per heavy atom. The number of amides is 1. The quantitative estimate of drug-likeness (QED) is 0.229. The van der Waals surface area contributed by atoms with Crippen LogP contribution >= 0.6 is 0 Å². The summed E-state index contributed by atoms with van der Waals surface area (Å²) in [5, 5.41) is 2.71. The van der Waals surface area contributed by atoms with Gasteiger partial charge in [-0.1, -0.05) is 48.9 Å². The number of carbonyl (C=O) groups is 3. The number of halogens is 3. The molecule has 0 saturated carbocycles. The molecule has 0 bridgehead atoms. The van der Waals surface area contributed by atoms with Crippen LogP contribution in [0.4, 0.5) is 13.2 Å². The van der Waals surface area contributed by atoms with Crippen molar-refractivity contribution in [2.24, 2.45) is 11.8 Å². The Bertz CT molecular complexity index is 1500. The normalized spacial score (nSPS) is 20.2. The second kappa shape index (κ2) is 16.3. The molecular weight excluding hydrogens is 617 g/mol. The summed E-state index contributed by atoms with van der Waals surface area (Å²) in [5.41, 5.74) is 1.79. The molecule has 0 radical (unpaired) electrons. The maximum Gasteiger partial charge on any atom is 0.573 e. The standard InChI is InChI=1S/C35H39F3N2O7/c1-22-28(21-25-15-17-27(18-16-25)47-35(36,37)38)26(12-7-11-24-9-5-4-6-10-24)13-8-14-29(34(43)45-22)40-33(42)31-32(46-23(2)41)30(44-3)19-20-39-31/h4-6,9-10,15-20,22,26,28-29H,7-8,11-14,21H2,1-3H3,(H,40,42). The van der Waals surface area contributed by atoms with Crippen LogP contribution in [0.2, 0.25) is 0 Å². The van der Waals surface area contributed by atoms with Crippen molar-refractivity contribution in [1.82, 2.24) is 10.3 Å². The monoisotopic (exact) mass is 656 g/mol. The van der Waals surface area contributed by atoms with Crippen LogP contribution in [-0.4, -0.2) is 48.4 Å². The summed E-state index contributed by atoms with van der Waals surface area (Å²) in [5.74, 6) is -2.38. The van der Waals surface area contributed by atoms with Crippen LogP contribution in [0, 0.1) is 11.8 Å². The van der Waals surface area contributed by atoms with Crippen molar-refractivity contribution in [2.75, 3.05) is 7.11 Å². The lowest BCUT2D eigenvalue weighted by atomic mass is 9.77. The number of cyclic esters (lactones) is 1. The van der Waals surface area contributed by atoms with E-state index in [0.717, 1.165) is 31.2 Å². The lowest BCUT2D eigenvalue weighted by Gasteiger charge is -2.31. The van der Waals surface area contributed by atoms with E-state index < -0.39 is 36.4 Å². The van der Waals surface area contributed by atoms with Crippen molar-refractivity contribution < 1.29 is 46.5 Å². The zero-order valence-corrected chi connectivity index (χ0v) is 26.5. The number of hydrogen-bond acceptors (Lipinski definition) is 8. The molecule has 2 heterocycles. The van der Waals surface area contributed by atoms with E-state index in [9.17, 15) is 27.6 Å². The molecule has 2 aromatic carbocycles. The molecule has 0 spiro atoms. The van der Waals surface area contributed by atoms with Crippen molar-refractivity contribution in [1.29, 1.82) is 0 Å². The number of pyridine rings is 1. The van der Waals surface area contributed by atoms with Crippen LogP contribution in [0.5, 0.6) is 17.2 Å². The second-order valence-corrected chi connectivity index (χ2v) is 11.6. The molecule has 1 aliphatic heterocycles. The summed E-state index contributed by atoms with van der Waals surface area (Å²) in [6, 6.07) is 16.3. The maximum atomic E-state index is 13.5. The largest absolute Gasteiger partial charge is 0.573 e. The number of rotatable bonds is 11. The summed E-state index contributed by atoms with van der Waals surface area (Å²) in [6.45, 7) is 2.99. The first-order chi connectivity index (χ1) is 22.4. The molecule has 1 N–H and O–H groups in total. The van der Waals surface area contributed by atoms with Gasteiger partial charge in [-0.25, -0.2) is 9.78 Å². The minimum Gasteiger partial charge on any atom is -0.493 e. The molecule has 3 aromatic rings. The third kappa shape index (κ3) is 10.5. The van der Waals surface area contributed by atoms with Gasteiger partial charge in [0.05, 0.1) is 7.11 Å². The van der Waals surface area contributed by atoms with Crippen molar-refractivity contribution >= 4 is 17.8 Å². The van der Waals surface area contributed by atoms with Crippen LogP contribution in [0.15, 0.2) is 66.9 Å². The number of hydrogen-bond donors (Lipinski definition) is 1. The number of nitrogens with one attached hydrogen (secondary N) is 1. The predicted octanol–water partition coefficient (Wildman–Crippen LogP) is 6.63. The number of esters is 2. The van der Waals surface area contributed by atoms with Crippen molar-refractivity contribution in [2.45, 2.75) is 77.3 Å². The van der Waals surface area contributed by atoms with E-state index in [2.05, 4.69) is 27.2 Å². The van der Waals surface area contributed by atoms with Gasteiger partial charge in [0, 0.05) is 25.1 Å². The Morgan fingerprint density at radius 2 is 1.74 bits per heavy atom. The summed E-state index contributed by atoms with van der Waals surface area (Å²) in [4.78, 5) is 42.6. The van der Waals surface area contributed by atoms with E-state index in [1.165, 1.54) is 44.0 Å². The average molecular weight is 657 g/mol. The van der Waals surface area contributed by atoms with Gasteiger partial charge in [-0.2, -0.15) is 0 Å². The Hall–Kier alpha value is -4.61. The minimum atomic E-state index is -4.79. The summed E-state index contributed by atoms with van der Waals surface area (Å²) in [6.07, 6.45) is 0.677. The highest BCUT2D eigenvalue weighted by molar-refractivity contribution is 5.98. The summed E-state index contributed by atoms with van der Waals surface area (Å²) in [7, 11) is 1.36. The first-order valence-electron chi connectivity index (χ1n) is 15.5. The van der Waals surface area contributed by atoms with Gasteiger partial charge in [-0.15, -0.1) is 13.2 Å². The topological polar surface area (TPSA) is 113 Å². The molecule has 47 heavy (non-hydrogen) atoms. The molecule has 1 aliphatic rings. The van der Waals surface area contributed by atoms with Gasteiger partial charge >= 0.3 is 18.3 Å². The van der Waals surface area contributed by atoms with Crippen molar-refractivity contribution in [3.05, 3.63) is 83.7 Å². The Morgan fingerprint density at radius 3 is 2.40 bits per heavy atom. The summed E-state index contributed by atoms with van der Waals surface area (Å²) < 4.78 is 58.5. The molecule has 4 atom stereocenters. The van der Waals surface area contributed by atoms with Gasteiger partial charge in [0.25, 0.3) is 5.91 Å². The van der Waals surface area contributed by atoms with Crippen LogP contribution in [0.1, 0.15) is 67.6 Å². The van der Waals surface area contributed by atoms with Crippen LogP contribution < -0.4 is 19.5 Å². The molecule has 0 aliphatic carbocycles. The van der Waals surface area contributed by atoms with E-state index in [4.69, 9.17) is 14.2 Å². The molecule has 4 unspecified atom stereocenters. The number of alkyl halides is 3. The molecule has 1 amide bonds. The predicted molar refractivity (Wildman–Crippen MR) is 166 cm³/mol. The molecule has 1 fully saturated rings. The van der Waals surface area contributed by atoms with Gasteiger partial charge < -0.3 is 24.3 Å². The highest BCUT2D eigenvalue weighted by Crippen LogP contribution is 2.35. The highest BCUT2D eigenvalue weighted by atomic mass is 19.4. The van der Waals surface area contributed by atoms with E-state index >= 15 is 0 Å². The van der Waals surface area contributed by atoms with Gasteiger partial charge in [-0.05, 0) is 74.6 Å². The van der Waals surface area contributed by atoms with E-state index in [-0.39, 0.29) is 34.8 Å². The Kier molecular flexibility index (Phi) is 12.2. The zero-order chi connectivity index (χ0) is 34.0. The number of ether oxygens (including phenoxy) is 4. The number of methoxy groups -OCH3 is 1. The Labute approximate surface area is 271 Å². The molecule has 1 aromatic heterocycles. The molecule has 252 valence electrons. The van der Waals surface area contributed by atoms with Crippen molar-refractivity contribution in [3.8, 4) is 17.2 Å². The van der Waals surface area contributed by atoms with Crippen molar-refractivity contribution in [3.63, 3.8) is 0 Å². The highest BCUT2D eigenvalue weighted by Gasteiger charge is 2.35. The summed E-state index contributed by atoms with van der Waals surface area (Å²) >= 11 is 0. The number of carbonyl (C=O) groups excluding carboxylic acids is 3. The molecule has 1 saturated heterocycles. The van der Waals surface area contributed by atoms with Gasteiger partial charge in [0.2, 0.25) is 5.75 Å². The molecule has 4 rings (SSSR count). The number of benzene rings is 2. The smallest absolute Gasteiger partial charge is 0.493 e. The average Bonchev–Trinajstić information content (AvgIpc) is 3.07. The van der Waals surface area contributed by atoms with Gasteiger partial charge in [-0.3, -0.25) is 9.59 Å². The number of aryl methyl sites for hydroxylation is 1. The molecule has 9 nitrogen and oxygen atoms in total. The maximum absolute atomic E-state index is 13.5. The number of aromatic nitrogens is 1. The Balaban J connectivity index is 1.53. The zero-order valence-electron chi connectivity index (χ0n) is 26.5. The lowest BCUT2D eigenvalue weighted by molar-refractivity contribution is -0.274. The minimum absolute atomic E-state index is 0.123. The first kappa shape index (κ1) is 35.2. The first-order valence-corrected chi connectivity index (χ1v) is 15.5. The van der Waals surface area contributed by atoms with Crippen LogP contribution in [0.25, 0.3) is 0 Å². The fraction of sp³-hybridized carbons (Fsp3) is 0.429. The van der Waals surface area contributed by atoms with Gasteiger partial charge in [0.1, 0.15) is 17.9 Å². The van der Waals surface area contributed by atoms with E-state index in [0.29, 0.717) is 19.3 Å².